The molecular formula is C14H17N3. The zero-order chi connectivity index (χ0) is 12.1. The van der Waals surface area contributed by atoms with Crippen molar-refractivity contribution in [1.29, 1.82) is 0 Å². The summed E-state index contributed by atoms with van der Waals surface area (Å²) in [6, 6.07) is 10.1. The molecule has 0 aliphatic heterocycles. The summed E-state index contributed by atoms with van der Waals surface area (Å²) in [6.07, 6.45) is 4.64. The summed E-state index contributed by atoms with van der Waals surface area (Å²) >= 11 is 0. The topological polar surface area (TPSA) is 50.9 Å². The Hall–Kier alpha value is -2.03. The molecule has 2 aromatic rings. The van der Waals surface area contributed by atoms with E-state index in [1.54, 1.807) is 6.20 Å². The lowest BCUT2D eigenvalue weighted by molar-refractivity contribution is 1.00. The molecule has 2 rings (SSSR count). The molecular weight excluding hydrogens is 210 g/mol. The minimum absolute atomic E-state index is 0.800. The molecule has 0 amide bonds. The van der Waals surface area contributed by atoms with Crippen LogP contribution in [0.1, 0.15) is 11.1 Å². The van der Waals surface area contributed by atoms with Crippen molar-refractivity contribution >= 4 is 11.4 Å². The summed E-state index contributed by atoms with van der Waals surface area (Å²) < 4.78 is 0. The molecule has 0 saturated heterocycles. The molecule has 17 heavy (non-hydrogen) atoms. The van der Waals surface area contributed by atoms with E-state index in [0.717, 1.165) is 24.3 Å². The second-order valence-electron chi connectivity index (χ2n) is 4.17. The molecule has 1 heterocycles. The highest BCUT2D eigenvalue weighted by Crippen LogP contribution is 2.15. The van der Waals surface area contributed by atoms with E-state index in [1.807, 2.05) is 31.3 Å². The summed E-state index contributed by atoms with van der Waals surface area (Å²) in [4.78, 5) is 4.09. The average molecular weight is 227 g/mol. The van der Waals surface area contributed by atoms with E-state index in [1.165, 1.54) is 11.1 Å². The predicted octanol–water partition coefficient (Wildman–Crippen LogP) is 2.63. The van der Waals surface area contributed by atoms with Gasteiger partial charge in [-0.1, -0.05) is 6.07 Å². The molecule has 0 aliphatic rings. The smallest absolute Gasteiger partial charge is 0.0363 e. The van der Waals surface area contributed by atoms with Crippen LogP contribution in [0.4, 0.5) is 11.4 Å². The van der Waals surface area contributed by atoms with Crippen molar-refractivity contribution < 1.29 is 0 Å². The number of rotatable bonds is 4. The van der Waals surface area contributed by atoms with Crippen LogP contribution in [0.25, 0.3) is 0 Å². The van der Waals surface area contributed by atoms with E-state index in [2.05, 4.69) is 22.4 Å². The largest absolute Gasteiger partial charge is 0.399 e. The number of benzene rings is 1. The van der Waals surface area contributed by atoms with E-state index in [-0.39, 0.29) is 0 Å². The van der Waals surface area contributed by atoms with Gasteiger partial charge in [-0.05, 0) is 48.7 Å². The van der Waals surface area contributed by atoms with Crippen LogP contribution in [0.5, 0.6) is 0 Å². The van der Waals surface area contributed by atoms with Crippen molar-refractivity contribution in [3.63, 3.8) is 0 Å². The maximum absolute atomic E-state index is 5.79. The molecule has 0 aliphatic carbocycles. The molecule has 3 nitrogen and oxygen atoms in total. The van der Waals surface area contributed by atoms with Gasteiger partial charge in [-0.15, -0.1) is 0 Å². The van der Waals surface area contributed by atoms with Crippen LogP contribution in [0, 0.1) is 6.92 Å². The van der Waals surface area contributed by atoms with Crippen LogP contribution in [0.2, 0.25) is 0 Å². The van der Waals surface area contributed by atoms with E-state index in [0.29, 0.717) is 0 Å². The molecule has 0 spiro atoms. The number of hydrogen-bond acceptors (Lipinski definition) is 3. The first-order chi connectivity index (χ1) is 8.24. The summed E-state index contributed by atoms with van der Waals surface area (Å²) in [7, 11) is 0. The highest BCUT2D eigenvalue weighted by atomic mass is 14.9. The van der Waals surface area contributed by atoms with E-state index in [9.17, 15) is 0 Å². The predicted molar refractivity (Wildman–Crippen MR) is 72.0 cm³/mol. The Morgan fingerprint density at radius 3 is 2.88 bits per heavy atom. The Kier molecular flexibility index (Phi) is 3.60. The fourth-order valence-electron chi connectivity index (χ4n) is 1.81. The number of nitrogens with zero attached hydrogens (tertiary/aromatic N) is 1. The first kappa shape index (κ1) is 11.5. The number of hydrogen-bond donors (Lipinski definition) is 2. The molecule has 88 valence electrons. The number of aromatic nitrogens is 1. The van der Waals surface area contributed by atoms with Gasteiger partial charge in [0.05, 0.1) is 0 Å². The van der Waals surface area contributed by atoms with Crippen molar-refractivity contribution in [3.8, 4) is 0 Å². The fraction of sp³-hybridized carbons (Fsp3) is 0.214. The van der Waals surface area contributed by atoms with Crippen LogP contribution in [0.3, 0.4) is 0 Å². The zero-order valence-corrected chi connectivity index (χ0v) is 9.98. The molecule has 1 aromatic heterocycles. The van der Waals surface area contributed by atoms with Crippen LogP contribution in [-0.2, 0) is 6.42 Å². The monoisotopic (exact) mass is 227 g/mol. The SMILES string of the molecule is Cc1cc(N)cc(NCCc2cccnc2)c1. The normalized spacial score (nSPS) is 10.2. The van der Waals surface area contributed by atoms with Gasteiger partial charge in [-0.2, -0.15) is 0 Å². The van der Waals surface area contributed by atoms with Crippen LogP contribution in [-0.4, -0.2) is 11.5 Å². The van der Waals surface area contributed by atoms with E-state index < -0.39 is 0 Å². The van der Waals surface area contributed by atoms with Gasteiger partial charge < -0.3 is 11.1 Å². The Labute approximate surface area is 102 Å². The van der Waals surface area contributed by atoms with Gasteiger partial charge in [0.15, 0.2) is 0 Å². The lowest BCUT2D eigenvalue weighted by Gasteiger charge is -2.08. The number of nitrogen functional groups attached to an aromatic ring is 1. The standard InChI is InChI=1S/C14H17N3/c1-11-7-13(15)9-14(8-11)17-6-4-12-3-2-5-16-10-12/h2-3,5,7-10,17H,4,6,15H2,1H3. The van der Waals surface area contributed by atoms with Gasteiger partial charge in [0.25, 0.3) is 0 Å². The summed E-state index contributed by atoms with van der Waals surface area (Å²) in [5, 5.41) is 3.37. The quantitative estimate of drug-likeness (QED) is 0.789. The molecule has 0 atom stereocenters. The third kappa shape index (κ3) is 3.48. The number of aryl methyl sites for hydroxylation is 1. The highest BCUT2D eigenvalue weighted by molar-refractivity contribution is 5.56. The molecule has 1 aromatic carbocycles. The highest BCUT2D eigenvalue weighted by Gasteiger charge is 1.96. The first-order valence-corrected chi connectivity index (χ1v) is 5.74. The number of anilines is 2. The second-order valence-corrected chi connectivity index (χ2v) is 4.17. The molecule has 0 radical (unpaired) electrons. The van der Waals surface area contributed by atoms with E-state index in [4.69, 9.17) is 5.73 Å². The number of pyridine rings is 1. The molecule has 3 N–H and O–H groups in total. The molecule has 0 fully saturated rings. The summed E-state index contributed by atoms with van der Waals surface area (Å²) in [5.41, 5.74) is 10.1. The Bertz CT molecular complexity index is 460. The average Bonchev–Trinajstić information content (AvgIpc) is 2.29. The minimum atomic E-state index is 0.800. The van der Waals surface area contributed by atoms with Crippen molar-refractivity contribution in [1.82, 2.24) is 4.98 Å². The molecule has 0 saturated carbocycles. The van der Waals surface area contributed by atoms with Crippen LogP contribution >= 0.6 is 0 Å². The fourth-order valence-corrected chi connectivity index (χ4v) is 1.81. The molecule has 0 bridgehead atoms. The maximum atomic E-state index is 5.79. The summed E-state index contributed by atoms with van der Waals surface area (Å²) in [6.45, 7) is 2.93. The van der Waals surface area contributed by atoms with Crippen LogP contribution < -0.4 is 11.1 Å². The number of nitrogens with one attached hydrogen (secondary N) is 1. The zero-order valence-electron chi connectivity index (χ0n) is 9.98. The van der Waals surface area contributed by atoms with Gasteiger partial charge >= 0.3 is 0 Å². The Morgan fingerprint density at radius 1 is 1.29 bits per heavy atom. The molecule has 0 unspecified atom stereocenters. The first-order valence-electron chi connectivity index (χ1n) is 5.74. The third-order valence-corrected chi connectivity index (χ3v) is 2.57. The lowest BCUT2D eigenvalue weighted by Crippen LogP contribution is -2.05. The molecule has 3 heteroatoms. The lowest BCUT2D eigenvalue weighted by atomic mass is 10.2. The van der Waals surface area contributed by atoms with Gasteiger partial charge in [0, 0.05) is 30.3 Å². The minimum Gasteiger partial charge on any atom is -0.399 e. The van der Waals surface area contributed by atoms with Gasteiger partial charge in [0.2, 0.25) is 0 Å². The summed E-state index contributed by atoms with van der Waals surface area (Å²) in [5.74, 6) is 0. The van der Waals surface area contributed by atoms with Crippen molar-refractivity contribution in [2.75, 3.05) is 17.6 Å². The van der Waals surface area contributed by atoms with Crippen molar-refractivity contribution in [2.45, 2.75) is 13.3 Å². The van der Waals surface area contributed by atoms with Gasteiger partial charge in [-0.3, -0.25) is 4.98 Å². The Morgan fingerprint density at radius 2 is 2.18 bits per heavy atom. The van der Waals surface area contributed by atoms with Crippen molar-refractivity contribution in [3.05, 3.63) is 53.9 Å². The van der Waals surface area contributed by atoms with Gasteiger partial charge in [-0.25, -0.2) is 0 Å². The van der Waals surface area contributed by atoms with Gasteiger partial charge in [0.1, 0.15) is 0 Å². The second kappa shape index (κ2) is 5.34. The number of nitrogens with two attached hydrogens (primary N) is 1. The van der Waals surface area contributed by atoms with E-state index >= 15 is 0 Å². The van der Waals surface area contributed by atoms with Crippen LogP contribution in [0.15, 0.2) is 42.7 Å². The maximum Gasteiger partial charge on any atom is 0.0363 e. The van der Waals surface area contributed by atoms with Crippen molar-refractivity contribution in [2.24, 2.45) is 0 Å². The Balaban J connectivity index is 1.90. The third-order valence-electron chi connectivity index (χ3n) is 2.57.